The van der Waals surface area contributed by atoms with Crippen LogP contribution in [0.1, 0.15) is 32.1 Å². The average molecular weight is 166 g/mol. The number of esters is 1. The Hall–Kier alpha value is -0.970. The van der Waals surface area contributed by atoms with E-state index in [9.17, 15) is 4.79 Å². The van der Waals surface area contributed by atoms with E-state index in [1.165, 1.54) is 13.5 Å². The molecular weight excluding hydrogens is 152 g/mol. The van der Waals surface area contributed by atoms with Crippen molar-refractivity contribution in [2.45, 2.75) is 32.1 Å². The van der Waals surface area contributed by atoms with E-state index in [0.717, 1.165) is 25.7 Å². The van der Waals surface area contributed by atoms with Gasteiger partial charge in [-0.15, -0.1) is 6.42 Å². The van der Waals surface area contributed by atoms with Gasteiger partial charge in [0.25, 0.3) is 0 Å². The highest BCUT2D eigenvalue weighted by molar-refractivity contribution is 5.80. The molecule has 2 heteroatoms. The molecule has 0 heterocycles. The molecule has 0 radical (unpaired) electrons. The number of hydrogen-bond acceptors (Lipinski definition) is 2. The second-order valence-corrected chi connectivity index (χ2v) is 3.28. The minimum absolute atomic E-state index is 0.232. The van der Waals surface area contributed by atoms with Crippen LogP contribution >= 0.6 is 0 Å². The third-order valence-electron chi connectivity index (χ3n) is 2.56. The summed E-state index contributed by atoms with van der Waals surface area (Å²) in [7, 11) is 1.40. The summed E-state index contributed by atoms with van der Waals surface area (Å²) in [5, 5.41) is 0. The van der Waals surface area contributed by atoms with E-state index >= 15 is 0 Å². The Labute approximate surface area is 73.3 Å². The van der Waals surface area contributed by atoms with Gasteiger partial charge in [-0.05, 0) is 12.8 Å². The smallest absolute Gasteiger partial charge is 0.323 e. The van der Waals surface area contributed by atoms with Gasteiger partial charge in [0, 0.05) is 0 Å². The van der Waals surface area contributed by atoms with Gasteiger partial charge in [0.05, 0.1) is 7.11 Å². The highest BCUT2D eigenvalue weighted by Gasteiger charge is 2.38. The van der Waals surface area contributed by atoms with E-state index in [4.69, 9.17) is 11.2 Å². The third kappa shape index (κ3) is 1.45. The van der Waals surface area contributed by atoms with Crippen LogP contribution in [0.2, 0.25) is 0 Å². The molecule has 2 nitrogen and oxygen atoms in total. The maximum Gasteiger partial charge on any atom is 0.323 e. The van der Waals surface area contributed by atoms with Crippen molar-refractivity contribution in [1.29, 1.82) is 0 Å². The standard InChI is InChI=1S/C10H14O2/c1-3-10(9(11)12-2)7-5-4-6-8-10/h1H,4-8H2,2H3. The molecule has 1 aliphatic carbocycles. The molecule has 0 aromatic carbocycles. The van der Waals surface area contributed by atoms with Gasteiger partial charge in [-0.1, -0.05) is 25.2 Å². The lowest BCUT2D eigenvalue weighted by atomic mass is 9.75. The topological polar surface area (TPSA) is 26.3 Å². The summed E-state index contributed by atoms with van der Waals surface area (Å²) in [4.78, 5) is 11.4. The van der Waals surface area contributed by atoms with Crippen LogP contribution in [0, 0.1) is 17.8 Å². The number of hydrogen-bond donors (Lipinski definition) is 0. The lowest BCUT2D eigenvalue weighted by Gasteiger charge is -2.29. The first kappa shape index (κ1) is 9.12. The molecule has 0 aromatic heterocycles. The Morgan fingerprint density at radius 1 is 1.42 bits per heavy atom. The fourth-order valence-electron chi connectivity index (χ4n) is 1.76. The van der Waals surface area contributed by atoms with E-state index in [1.807, 2.05) is 0 Å². The van der Waals surface area contributed by atoms with Crippen LogP contribution in [-0.2, 0) is 9.53 Å². The first-order valence-corrected chi connectivity index (χ1v) is 4.31. The van der Waals surface area contributed by atoms with E-state index < -0.39 is 5.41 Å². The molecule has 0 spiro atoms. The first-order chi connectivity index (χ1) is 5.75. The lowest BCUT2D eigenvalue weighted by Crippen LogP contribution is -2.32. The summed E-state index contributed by atoms with van der Waals surface area (Å²) in [6.45, 7) is 0. The zero-order valence-electron chi connectivity index (χ0n) is 7.43. The fourth-order valence-corrected chi connectivity index (χ4v) is 1.76. The predicted molar refractivity (Wildman–Crippen MR) is 46.4 cm³/mol. The Kier molecular flexibility index (Phi) is 2.75. The SMILES string of the molecule is C#CC1(C(=O)OC)CCCCC1. The number of terminal acetylenes is 1. The quantitative estimate of drug-likeness (QED) is 0.438. The van der Waals surface area contributed by atoms with Crippen LogP contribution in [0.4, 0.5) is 0 Å². The van der Waals surface area contributed by atoms with E-state index in [2.05, 4.69) is 5.92 Å². The molecule has 66 valence electrons. The molecule has 0 bridgehead atoms. The number of carbonyl (C=O) groups excluding carboxylic acids is 1. The van der Waals surface area contributed by atoms with E-state index in [-0.39, 0.29) is 5.97 Å². The van der Waals surface area contributed by atoms with E-state index in [1.54, 1.807) is 0 Å². The van der Waals surface area contributed by atoms with Crippen LogP contribution < -0.4 is 0 Å². The van der Waals surface area contributed by atoms with Gasteiger partial charge in [-0.2, -0.15) is 0 Å². The molecular formula is C10H14O2. The number of carbonyl (C=O) groups is 1. The number of rotatable bonds is 1. The largest absolute Gasteiger partial charge is 0.468 e. The van der Waals surface area contributed by atoms with Gasteiger partial charge < -0.3 is 4.74 Å². The number of methoxy groups -OCH3 is 1. The highest BCUT2D eigenvalue weighted by atomic mass is 16.5. The zero-order valence-corrected chi connectivity index (χ0v) is 7.43. The molecule has 1 fully saturated rings. The molecule has 0 saturated heterocycles. The van der Waals surface area contributed by atoms with Gasteiger partial charge in [-0.25, -0.2) is 0 Å². The average Bonchev–Trinajstić information content (AvgIpc) is 2.17. The van der Waals surface area contributed by atoms with Crippen LogP contribution in [0.3, 0.4) is 0 Å². The fraction of sp³-hybridized carbons (Fsp3) is 0.700. The van der Waals surface area contributed by atoms with Crippen molar-refractivity contribution in [2.75, 3.05) is 7.11 Å². The molecule has 0 aliphatic heterocycles. The molecule has 0 amide bonds. The van der Waals surface area contributed by atoms with E-state index in [0.29, 0.717) is 0 Å². The van der Waals surface area contributed by atoms with Gasteiger partial charge in [0.1, 0.15) is 5.41 Å². The summed E-state index contributed by atoms with van der Waals surface area (Å²) in [5.41, 5.74) is -0.604. The molecule has 0 aromatic rings. The molecule has 12 heavy (non-hydrogen) atoms. The maximum atomic E-state index is 11.4. The first-order valence-electron chi connectivity index (χ1n) is 4.31. The Morgan fingerprint density at radius 2 is 2.00 bits per heavy atom. The van der Waals surface area contributed by atoms with Crippen molar-refractivity contribution >= 4 is 5.97 Å². The van der Waals surface area contributed by atoms with Gasteiger partial charge in [0.2, 0.25) is 0 Å². The van der Waals surface area contributed by atoms with Crippen LogP contribution in [0.15, 0.2) is 0 Å². The molecule has 0 atom stereocenters. The Morgan fingerprint density at radius 3 is 2.42 bits per heavy atom. The van der Waals surface area contributed by atoms with Crippen molar-refractivity contribution in [2.24, 2.45) is 5.41 Å². The van der Waals surface area contributed by atoms with Gasteiger partial charge in [0.15, 0.2) is 0 Å². The maximum absolute atomic E-state index is 11.4. The van der Waals surface area contributed by atoms with Crippen molar-refractivity contribution in [3.8, 4) is 12.3 Å². The predicted octanol–water partition coefficient (Wildman–Crippen LogP) is 1.74. The Balaban J connectivity index is 2.74. The summed E-state index contributed by atoms with van der Waals surface area (Å²) < 4.78 is 4.70. The minimum atomic E-state index is -0.604. The molecule has 1 aliphatic rings. The van der Waals surface area contributed by atoms with Crippen molar-refractivity contribution in [1.82, 2.24) is 0 Å². The van der Waals surface area contributed by atoms with Crippen LogP contribution in [0.5, 0.6) is 0 Å². The summed E-state index contributed by atoms with van der Waals surface area (Å²) in [5.74, 6) is 2.36. The summed E-state index contributed by atoms with van der Waals surface area (Å²) in [6.07, 6.45) is 10.2. The lowest BCUT2D eigenvalue weighted by molar-refractivity contribution is -0.150. The van der Waals surface area contributed by atoms with Crippen molar-refractivity contribution in [3.63, 3.8) is 0 Å². The van der Waals surface area contributed by atoms with Crippen molar-refractivity contribution in [3.05, 3.63) is 0 Å². The molecule has 1 saturated carbocycles. The van der Waals surface area contributed by atoms with Gasteiger partial charge in [-0.3, -0.25) is 4.79 Å². The number of ether oxygens (including phenoxy) is 1. The zero-order chi connectivity index (χ0) is 9.03. The normalized spacial score (nSPS) is 21.0. The summed E-state index contributed by atoms with van der Waals surface area (Å²) in [6, 6.07) is 0. The van der Waals surface area contributed by atoms with Crippen LogP contribution in [0.25, 0.3) is 0 Å². The molecule has 0 N–H and O–H groups in total. The monoisotopic (exact) mass is 166 g/mol. The molecule has 0 unspecified atom stereocenters. The van der Waals surface area contributed by atoms with Crippen LogP contribution in [-0.4, -0.2) is 13.1 Å². The van der Waals surface area contributed by atoms with Crippen molar-refractivity contribution < 1.29 is 9.53 Å². The highest BCUT2D eigenvalue weighted by Crippen LogP contribution is 2.36. The minimum Gasteiger partial charge on any atom is -0.468 e. The Bertz CT molecular complexity index is 206. The molecule has 1 rings (SSSR count). The second-order valence-electron chi connectivity index (χ2n) is 3.28. The summed E-state index contributed by atoms with van der Waals surface area (Å²) >= 11 is 0. The third-order valence-corrected chi connectivity index (χ3v) is 2.56. The second kappa shape index (κ2) is 3.62. The van der Waals surface area contributed by atoms with Gasteiger partial charge >= 0.3 is 5.97 Å².